The molecule has 1 aliphatic rings. The fourth-order valence-corrected chi connectivity index (χ4v) is 2.60. The summed E-state index contributed by atoms with van der Waals surface area (Å²) in [4.78, 5) is 4.74. The van der Waals surface area contributed by atoms with E-state index in [9.17, 15) is 0 Å². The van der Waals surface area contributed by atoms with Crippen molar-refractivity contribution in [3.63, 3.8) is 0 Å². The second-order valence-corrected chi connectivity index (χ2v) is 5.48. The fraction of sp³-hybridized carbons (Fsp3) is 0.600. The minimum atomic E-state index is 1.07. The van der Waals surface area contributed by atoms with Gasteiger partial charge in [0, 0.05) is 52.5 Å². The molecule has 0 spiro atoms. The van der Waals surface area contributed by atoms with Crippen LogP contribution in [0, 0.1) is 13.8 Å². The normalized spacial score (nSPS) is 16.9. The van der Waals surface area contributed by atoms with Gasteiger partial charge in [-0.3, -0.25) is 4.90 Å². The maximum absolute atomic E-state index is 3.40. The third kappa shape index (κ3) is 3.03. The topological polar surface area (TPSA) is 18.5 Å². The van der Waals surface area contributed by atoms with Gasteiger partial charge in [-0.25, -0.2) is 0 Å². The van der Waals surface area contributed by atoms with Crippen molar-refractivity contribution in [2.24, 2.45) is 0 Å². The van der Waals surface area contributed by atoms with Gasteiger partial charge in [-0.15, -0.1) is 0 Å². The van der Waals surface area contributed by atoms with E-state index in [1.54, 1.807) is 0 Å². The van der Waals surface area contributed by atoms with Crippen LogP contribution in [-0.4, -0.2) is 45.2 Å². The lowest BCUT2D eigenvalue weighted by Crippen LogP contribution is -2.42. The van der Waals surface area contributed by atoms with Crippen molar-refractivity contribution in [3.05, 3.63) is 28.8 Å². The summed E-state index contributed by atoms with van der Waals surface area (Å²) in [6.07, 6.45) is 0. The Morgan fingerprint density at radius 1 is 1.17 bits per heavy atom. The predicted octanol–water partition coefficient (Wildman–Crippen LogP) is 1.77. The predicted molar refractivity (Wildman–Crippen MR) is 78.4 cm³/mol. The summed E-state index contributed by atoms with van der Waals surface area (Å²) in [5, 5.41) is 3.40. The molecule has 100 valence electrons. The van der Waals surface area contributed by atoms with Crippen LogP contribution in [0.2, 0.25) is 0 Å². The highest BCUT2D eigenvalue weighted by atomic mass is 15.2. The second-order valence-electron chi connectivity index (χ2n) is 5.48. The molecule has 0 amide bonds. The van der Waals surface area contributed by atoms with Crippen LogP contribution in [-0.2, 0) is 6.54 Å². The molecule has 0 aliphatic carbocycles. The van der Waals surface area contributed by atoms with Crippen LogP contribution >= 0.6 is 0 Å². The van der Waals surface area contributed by atoms with Gasteiger partial charge in [-0.2, -0.15) is 0 Å². The van der Waals surface area contributed by atoms with Crippen LogP contribution in [0.4, 0.5) is 5.69 Å². The molecule has 1 aliphatic heterocycles. The zero-order valence-electron chi connectivity index (χ0n) is 12.1. The number of benzene rings is 1. The maximum Gasteiger partial charge on any atom is 0.0396 e. The molecular formula is C15H25N3. The summed E-state index contributed by atoms with van der Waals surface area (Å²) < 4.78 is 0. The average Bonchev–Trinajstić information content (AvgIpc) is 2.34. The van der Waals surface area contributed by atoms with E-state index in [2.05, 4.69) is 55.2 Å². The van der Waals surface area contributed by atoms with Crippen molar-refractivity contribution < 1.29 is 0 Å². The standard InChI is InChI=1S/C15H25N3/c1-12-9-14(10-15(13(12)2)17(3)4)11-18-7-5-16-6-8-18/h9-10,16H,5-8,11H2,1-4H3. The Kier molecular flexibility index (Phi) is 4.25. The van der Waals surface area contributed by atoms with Crippen LogP contribution in [0.1, 0.15) is 16.7 Å². The molecule has 0 radical (unpaired) electrons. The van der Waals surface area contributed by atoms with Crippen molar-refractivity contribution in [2.45, 2.75) is 20.4 Å². The summed E-state index contributed by atoms with van der Waals surface area (Å²) >= 11 is 0. The molecule has 1 N–H and O–H groups in total. The fourth-order valence-electron chi connectivity index (χ4n) is 2.60. The first-order chi connectivity index (χ1) is 8.58. The number of hydrogen-bond acceptors (Lipinski definition) is 3. The number of hydrogen-bond donors (Lipinski definition) is 1. The summed E-state index contributed by atoms with van der Waals surface area (Å²) in [5.41, 5.74) is 5.57. The smallest absolute Gasteiger partial charge is 0.0396 e. The summed E-state index contributed by atoms with van der Waals surface area (Å²) in [6, 6.07) is 4.68. The van der Waals surface area contributed by atoms with E-state index < -0.39 is 0 Å². The quantitative estimate of drug-likeness (QED) is 0.878. The van der Waals surface area contributed by atoms with Crippen LogP contribution in [0.5, 0.6) is 0 Å². The third-order valence-electron chi connectivity index (χ3n) is 3.80. The highest BCUT2D eigenvalue weighted by molar-refractivity contribution is 5.57. The Labute approximate surface area is 111 Å². The lowest BCUT2D eigenvalue weighted by atomic mass is 10.0. The van der Waals surface area contributed by atoms with Crippen molar-refractivity contribution >= 4 is 5.69 Å². The van der Waals surface area contributed by atoms with Gasteiger partial charge in [-0.1, -0.05) is 6.07 Å². The molecule has 0 unspecified atom stereocenters. The maximum atomic E-state index is 3.40. The van der Waals surface area contributed by atoms with E-state index >= 15 is 0 Å². The number of nitrogens with one attached hydrogen (secondary N) is 1. The van der Waals surface area contributed by atoms with E-state index in [0.29, 0.717) is 0 Å². The van der Waals surface area contributed by atoms with Crippen LogP contribution in [0.3, 0.4) is 0 Å². The summed E-state index contributed by atoms with van der Waals surface area (Å²) in [5.74, 6) is 0. The molecule has 1 aromatic rings. The van der Waals surface area contributed by atoms with E-state index in [0.717, 1.165) is 32.7 Å². The zero-order valence-corrected chi connectivity index (χ0v) is 12.1. The molecule has 0 saturated carbocycles. The van der Waals surface area contributed by atoms with Crippen LogP contribution in [0.15, 0.2) is 12.1 Å². The molecule has 3 heteroatoms. The number of rotatable bonds is 3. The SMILES string of the molecule is Cc1cc(CN2CCNCC2)cc(N(C)C)c1C. The van der Waals surface area contributed by atoms with Gasteiger partial charge in [0.1, 0.15) is 0 Å². The first-order valence-electron chi connectivity index (χ1n) is 6.78. The lowest BCUT2D eigenvalue weighted by molar-refractivity contribution is 0.233. The Bertz CT molecular complexity index is 406. The lowest BCUT2D eigenvalue weighted by Gasteiger charge is -2.28. The largest absolute Gasteiger partial charge is 0.377 e. The molecule has 1 fully saturated rings. The van der Waals surface area contributed by atoms with Crippen molar-refractivity contribution in [1.82, 2.24) is 10.2 Å². The van der Waals surface area contributed by atoms with Gasteiger partial charge < -0.3 is 10.2 Å². The van der Waals surface area contributed by atoms with Crippen molar-refractivity contribution in [3.8, 4) is 0 Å². The molecule has 18 heavy (non-hydrogen) atoms. The first kappa shape index (κ1) is 13.4. The van der Waals surface area contributed by atoms with E-state index in [4.69, 9.17) is 0 Å². The molecule has 0 aromatic heterocycles. The van der Waals surface area contributed by atoms with Crippen molar-refractivity contribution in [1.29, 1.82) is 0 Å². The highest BCUT2D eigenvalue weighted by Gasteiger charge is 2.12. The van der Waals surface area contributed by atoms with Gasteiger partial charge in [0.25, 0.3) is 0 Å². The van der Waals surface area contributed by atoms with Gasteiger partial charge in [0.2, 0.25) is 0 Å². The second kappa shape index (κ2) is 5.72. The molecule has 3 nitrogen and oxygen atoms in total. The Balaban J connectivity index is 2.17. The first-order valence-corrected chi connectivity index (χ1v) is 6.78. The van der Waals surface area contributed by atoms with Gasteiger partial charge in [-0.05, 0) is 36.6 Å². The monoisotopic (exact) mass is 247 g/mol. The summed E-state index contributed by atoms with van der Waals surface area (Å²) in [6.45, 7) is 10.0. The van der Waals surface area contributed by atoms with Gasteiger partial charge >= 0.3 is 0 Å². The molecule has 1 aromatic carbocycles. The Morgan fingerprint density at radius 3 is 2.44 bits per heavy atom. The summed E-state index contributed by atoms with van der Waals surface area (Å²) in [7, 11) is 4.24. The van der Waals surface area contributed by atoms with E-state index in [1.165, 1.54) is 22.4 Å². The number of anilines is 1. The molecule has 2 rings (SSSR count). The number of aryl methyl sites for hydroxylation is 1. The Morgan fingerprint density at radius 2 is 1.83 bits per heavy atom. The van der Waals surface area contributed by atoms with Gasteiger partial charge in [0.15, 0.2) is 0 Å². The number of piperazine rings is 1. The van der Waals surface area contributed by atoms with E-state index in [1.807, 2.05) is 0 Å². The average molecular weight is 247 g/mol. The van der Waals surface area contributed by atoms with Crippen molar-refractivity contribution in [2.75, 3.05) is 45.2 Å². The molecular weight excluding hydrogens is 222 g/mol. The minimum absolute atomic E-state index is 1.07. The Hall–Kier alpha value is -1.06. The molecule has 0 bridgehead atoms. The van der Waals surface area contributed by atoms with Crippen LogP contribution < -0.4 is 10.2 Å². The molecule has 0 atom stereocenters. The minimum Gasteiger partial charge on any atom is -0.377 e. The zero-order chi connectivity index (χ0) is 13.1. The van der Waals surface area contributed by atoms with Gasteiger partial charge in [0.05, 0.1) is 0 Å². The highest BCUT2D eigenvalue weighted by Crippen LogP contribution is 2.24. The van der Waals surface area contributed by atoms with Crippen LogP contribution in [0.25, 0.3) is 0 Å². The molecule has 1 heterocycles. The third-order valence-corrected chi connectivity index (χ3v) is 3.80. The molecule has 1 saturated heterocycles. The number of nitrogens with zero attached hydrogens (tertiary/aromatic N) is 2. The van der Waals surface area contributed by atoms with E-state index in [-0.39, 0.29) is 0 Å².